The molecule has 0 aromatic carbocycles. The standard InChI is InChI=1S/C11H12BrN3/c12-10-5-11-13-6-9(7-15(11)14-10)8-3-1-2-4-8/h5-8H,1-4H2. The molecule has 0 aliphatic heterocycles. The number of aromatic nitrogens is 3. The molecule has 2 aromatic heterocycles. The summed E-state index contributed by atoms with van der Waals surface area (Å²) in [4.78, 5) is 4.42. The fourth-order valence-corrected chi connectivity index (χ4v) is 2.71. The largest absolute Gasteiger partial charge is 0.237 e. The molecule has 1 aliphatic rings. The summed E-state index contributed by atoms with van der Waals surface area (Å²) in [6, 6.07) is 1.93. The van der Waals surface area contributed by atoms with Crippen LogP contribution in [-0.4, -0.2) is 14.6 Å². The molecule has 0 atom stereocenters. The maximum atomic E-state index is 4.42. The Morgan fingerprint density at radius 3 is 2.93 bits per heavy atom. The smallest absolute Gasteiger partial charge is 0.156 e. The molecule has 3 nitrogen and oxygen atoms in total. The zero-order valence-electron chi connectivity index (χ0n) is 8.36. The van der Waals surface area contributed by atoms with Crippen molar-refractivity contribution in [3.8, 4) is 0 Å². The fourth-order valence-electron chi connectivity index (χ4n) is 2.33. The molecule has 1 aliphatic carbocycles. The van der Waals surface area contributed by atoms with Gasteiger partial charge in [-0.15, -0.1) is 0 Å². The Morgan fingerprint density at radius 2 is 2.13 bits per heavy atom. The summed E-state index contributed by atoms with van der Waals surface area (Å²) in [6.07, 6.45) is 9.42. The second-order valence-corrected chi connectivity index (χ2v) is 4.95. The average Bonchev–Trinajstić information content (AvgIpc) is 2.82. The lowest BCUT2D eigenvalue weighted by atomic mass is 10.0. The first-order chi connectivity index (χ1) is 7.33. The zero-order valence-corrected chi connectivity index (χ0v) is 9.94. The number of fused-ring (bicyclic) bond motifs is 1. The van der Waals surface area contributed by atoms with Gasteiger partial charge in [0.1, 0.15) is 4.60 Å². The Balaban J connectivity index is 2.04. The maximum absolute atomic E-state index is 4.42. The van der Waals surface area contributed by atoms with Crippen molar-refractivity contribution in [1.82, 2.24) is 14.6 Å². The van der Waals surface area contributed by atoms with Crippen molar-refractivity contribution in [3.63, 3.8) is 0 Å². The van der Waals surface area contributed by atoms with E-state index in [-0.39, 0.29) is 0 Å². The molecular weight excluding hydrogens is 254 g/mol. The quantitative estimate of drug-likeness (QED) is 0.793. The Hall–Kier alpha value is -0.900. The van der Waals surface area contributed by atoms with Crippen LogP contribution in [0.1, 0.15) is 37.2 Å². The van der Waals surface area contributed by atoms with E-state index in [4.69, 9.17) is 0 Å². The van der Waals surface area contributed by atoms with Gasteiger partial charge in [-0.05, 0) is 40.3 Å². The maximum Gasteiger partial charge on any atom is 0.156 e. The molecule has 3 rings (SSSR count). The molecule has 0 bridgehead atoms. The van der Waals surface area contributed by atoms with Gasteiger partial charge in [0.05, 0.1) is 0 Å². The highest BCUT2D eigenvalue weighted by molar-refractivity contribution is 9.10. The summed E-state index contributed by atoms with van der Waals surface area (Å²) < 4.78 is 2.70. The molecule has 0 unspecified atom stereocenters. The van der Waals surface area contributed by atoms with Gasteiger partial charge in [-0.2, -0.15) is 5.10 Å². The first-order valence-electron chi connectivity index (χ1n) is 5.34. The van der Waals surface area contributed by atoms with Crippen molar-refractivity contribution in [2.45, 2.75) is 31.6 Å². The zero-order chi connectivity index (χ0) is 10.3. The highest BCUT2D eigenvalue weighted by Crippen LogP contribution is 2.33. The molecule has 78 valence electrons. The van der Waals surface area contributed by atoms with Crippen molar-refractivity contribution >= 4 is 21.6 Å². The summed E-state index contributed by atoms with van der Waals surface area (Å²) in [5.74, 6) is 0.699. The number of nitrogens with zero attached hydrogens (tertiary/aromatic N) is 3. The van der Waals surface area contributed by atoms with Gasteiger partial charge in [-0.3, -0.25) is 0 Å². The monoisotopic (exact) mass is 265 g/mol. The van der Waals surface area contributed by atoms with Crippen LogP contribution in [0, 0.1) is 0 Å². The molecule has 0 N–H and O–H groups in total. The highest BCUT2D eigenvalue weighted by atomic mass is 79.9. The summed E-state index contributed by atoms with van der Waals surface area (Å²) in [6.45, 7) is 0. The van der Waals surface area contributed by atoms with E-state index in [1.54, 1.807) is 0 Å². The second kappa shape index (κ2) is 3.59. The van der Waals surface area contributed by atoms with E-state index in [0.29, 0.717) is 5.92 Å². The van der Waals surface area contributed by atoms with Crippen molar-refractivity contribution in [2.24, 2.45) is 0 Å². The molecule has 1 fully saturated rings. The van der Waals surface area contributed by atoms with Crippen LogP contribution >= 0.6 is 15.9 Å². The Bertz CT molecular complexity index is 486. The van der Waals surface area contributed by atoms with Crippen LogP contribution < -0.4 is 0 Å². The normalized spacial score (nSPS) is 17.7. The topological polar surface area (TPSA) is 30.2 Å². The van der Waals surface area contributed by atoms with Crippen molar-refractivity contribution in [3.05, 3.63) is 28.6 Å². The molecule has 1 saturated carbocycles. The third kappa shape index (κ3) is 1.67. The first-order valence-corrected chi connectivity index (χ1v) is 6.13. The molecule has 0 amide bonds. The van der Waals surface area contributed by atoms with Gasteiger partial charge >= 0.3 is 0 Å². The molecule has 15 heavy (non-hydrogen) atoms. The lowest BCUT2D eigenvalue weighted by Crippen LogP contribution is -1.98. The van der Waals surface area contributed by atoms with Crippen LogP contribution in [0.4, 0.5) is 0 Å². The van der Waals surface area contributed by atoms with E-state index < -0.39 is 0 Å². The molecule has 0 radical (unpaired) electrons. The summed E-state index contributed by atoms with van der Waals surface area (Å²) in [5.41, 5.74) is 2.24. The average molecular weight is 266 g/mol. The van der Waals surface area contributed by atoms with Gasteiger partial charge in [0.15, 0.2) is 5.65 Å². The van der Waals surface area contributed by atoms with Crippen LogP contribution in [0.3, 0.4) is 0 Å². The Morgan fingerprint density at radius 1 is 1.33 bits per heavy atom. The van der Waals surface area contributed by atoms with Gasteiger partial charge in [-0.25, -0.2) is 9.50 Å². The molecule has 4 heteroatoms. The van der Waals surface area contributed by atoms with Gasteiger partial charge in [0.2, 0.25) is 0 Å². The summed E-state index contributed by atoms with van der Waals surface area (Å²) in [5, 5.41) is 4.32. The third-order valence-electron chi connectivity index (χ3n) is 3.13. The van der Waals surface area contributed by atoms with Gasteiger partial charge < -0.3 is 0 Å². The van der Waals surface area contributed by atoms with Crippen LogP contribution in [0.25, 0.3) is 5.65 Å². The highest BCUT2D eigenvalue weighted by Gasteiger charge is 2.17. The first kappa shape index (κ1) is 9.33. The number of halogens is 1. The van der Waals surface area contributed by atoms with E-state index in [1.165, 1.54) is 31.2 Å². The second-order valence-electron chi connectivity index (χ2n) is 4.14. The van der Waals surface area contributed by atoms with Gasteiger partial charge in [0.25, 0.3) is 0 Å². The van der Waals surface area contributed by atoms with Crippen molar-refractivity contribution < 1.29 is 0 Å². The van der Waals surface area contributed by atoms with Crippen molar-refractivity contribution in [2.75, 3.05) is 0 Å². The van der Waals surface area contributed by atoms with Crippen LogP contribution in [-0.2, 0) is 0 Å². The minimum atomic E-state index is 0.699. The molecule has 0 saturated heterocycles. The molecule has 0 spiro atoms. The lowest BCUT2D eigenvalue weighted by molar-refractivity contribution is 0.707. The molecule has 2 heterocycles. The Labute approximate surface area is 96.6 Å². The Kier molecular flexibility index (Phi) is 2.24. The van der Waals surface area contributed by atoms with E-state index >= 15 is 0 Å². The molecular formula is C11H12BrN3. The van der Waals surface area contributed by atoms with E-state index in [0.717, 1.165) is 10.3 Å². The van der Waals surface area contributed by atoms with Crippen LogP contribution in [0.5, 0.6) is 0 Å². The minimum absolute atomic E-state index is 0.699. The minimum Gasteiger partial charge on any atom is -0.237 e. The van der Waals surface area contributed by atoms with E-state index in [1.807, 2.05) is 16.8 Å². The number of hydrogen-bond donors (Lipinski definition) is 0. The van der Waals surface area contributed by atoms with Crippen molar-refractivity contribution in [1.29, 1.82) is 0 Å². The van der Waals surface area contributed by atoms with E-state index in [2.05, 4.69) is 32.2 Å². The predicted molar refractivity (Wildman–Crippen MR) is 61.9 cm³/mol. The summed E-state index contributed by atoms with van der Waals surface area (Å²) in [7, 11) is 0. The molecule has 2 aromatic rings. The third-order valence-corrected chi connectivity index (χ3v) is 3.52. The fraction of sp³-hybridized carbons (Fsp3) is 0.455. The van der Waals surface area contributed by atoms with Crippen LogP contribution in [0.15, 0.2) is 23.1 Å². The predicted octanol–water partition coefficient (Wildman–Crippen LogP) is 3.15. The number of rotatable bonds is 1. The van der Waals surface area contributed by atoms with Gasteiger partial charge in [0, 0.05) is 18.5 Å². The van der Waals surface area contributed by atoms with Crippen LogP contribution in [0.2, 0.25) is 0 Å². The van der Waals surface area contributed by atoms with Gasteiger partial charge in [-0.1, -0.05) is 12.8 Å². The number of hydrogen-bond acceptors (Lipinski definition) is 2. The SMILES string of the molecule is Brc1cc2ncc(C3CCCC3)cn2n1. The summed E-state index contributed by atoms with van der Waals surface area (Å²) >= 11 is 3.36. The van der Waals surface area contributed by atoms with E-state index in [9.17, 15) is 0 Å². The lowest BCUT2D eigenvalue weighted by Gasteiger charge is -2.08.